The normalized spacial score (nSPS) is 13.9. The van der Waals surface area contributed by atoms with E-state index in [1.807, 2.05) is 5.32 Å². The number of amides is 1. The molecule has 0 spiro atoms. The van der Waals surface area contributed by atoms with E-state index in [1.165, 1.54) is 6.92 Å². The number of aliphatic hydroxyl groups is 2. The summed E-state index contributed by atoms with van der Waals surface area (Å²) in [6.07, 6.45) is -1.65. The summed E-state index contributed by atoms with van der Waals surface area (Å²) in [6.45, 7) is 4.31. The maximum absolute atomic E-state index is 10.9. The van der Waals surface area contributed by atoms with E-state index in [0.717, 1.165) is 6.08 Å². The number of nitrogens with one attached hydrogen (secondary N) is 1. The van der Waals surface area contributed by atoms with Crippen molar-refractivity contribution >= 4 is 11.9 Å². The van der Waals surface area contributed by atoms with E-state index < -0.39 is 24.2 Å². The average Bonchev–Trinajstić information content (AvgIpc) is 2.13. The lowest BCUT2D eigenvalue weighted by Gasteiger charge is -2.11. The Bertz CT molecular complexity index is 226. The molecule has 6 nitrogen and oxygen atoms in total. The Labute approximate surface area is 81.2 Å². The maximum atomic E-state index is 10.9. The van der Waals surface area contributed by atoms with Gasteiger partial charge >= 0.3 is 5.97 Å². The smallest absolute Gasteiger partial charge is 0.356 e. The molecule has 0 bridgehead atoms. The predicted molar refractivity (Wildman–Crippen MR) is 47.0 cm³/mol. The molecule has 0 saturated heterocycles. The fraction of sp³-hybridized carbons (Fsp3) is 0.500. The minimum atomic E-state index is -1.74. The molecule has 6 heteroatoms. The van der Waals surface area contributed by atoms with Crippen LogP contribution >= 0.6 is 0 Å². The highest BCUT2D eigenvalue weighted by Gasteiger charge is 2.18. The zero-order valence-corrected chi connectivity index (χ0v) is 7.77. The molecule has 0 aromatic carbocycles. The molecular weight excluding hydrogens is 190 g/mol. The molecule has 0 fully saturated rings. The molecule has 0 rings (SSSR count). The average molecular weight is 203 g/mol. The summed E-state index contributed by atoms with van der Waals surface area (Å²) < 4.78 is 4.42. The molecule has 14 heavy (non-hydrogen) atoms. The van der Waals surface area contributed by atoms with Gasteiger partial charge in [-0.1, -0.05) is 6.58 Å². The molecule has 0 radical (unpaired) electrons. The summed E-state index contributed by atoms with van der Waals surface area (Å²) in [5.41, 5.74) is 0. The van der Waals surface area contributed by atoms with Crippen LogP contribution in [0.3, 0.4) is 0 Å². The minimum Gasteiger partial charge on any atom is -0.460 e. The van der Waals surface area contributed by atoms with Gasteiger partial charge in [-0.3, -0.25) is 4.79 Å². The third-order valence-electron chi connectivity index (χ3n) is 1.15. The van der Waals surface area contributed by atoms with Gasteiger partial charge in [0.2, 0.25) is 12.1 Å². The van der Waals surface area contributed by atoms with E-state index in [1.54, 1.807) is 0 Å². The summed E-state index contributed by atoms with van der Waals surface area (Å²) in [5, 5.41) is 19.6. The van der Waals surface area contributed by atoms with Gasteiger partial charge in [-0.25, -0.2) is 4.79 Å². The summed E-state index contributed by atoms with van der Waals surface area (Å²) in [4.78, 5) is 21.5. The number of carbonyl (C=O) groups is 2. The van der Waals surface area contributed by atoms with E-state index in [4.69, 9.17) is 10.2 Å². The largest absolute Gasteiger partial charge is 0.460 e. The zero-order chi connectivity index (χ0) is 11.1. The van der Waals surface area contributed by atoms with Crippen molar-refractivity contribution in [2.75, 3.05) is 6.61 Å². The van der Waals surface area contributed by atoms with Crippen molar-refractivity contribution in [3.8, 4) is 0 Å². The van der Waals surface area contributed by atoms with Crippen LogP contribution in [0, 0.1) is 0 Å². The summed E-state index contributed by atoms with van der Waals surface area (Å²) in [7, 11) is 0. The van der Waals surface area contributed by atoms with Gasteiger partial charge in [0.1, 0.15) is 6.61 Å². The van der Waals surface area contributed by atoms with Crippen molar-refractivity contribution in [3.63, 3.8) is 0 Å². The Morgan fingerprint density at radius 3 is 2.57 bits per heavy atom. The monoisotopic (exact) mass is 203 g/mol. The molecule has 0 saturated carbocycles. The topological polar surface area (TPSA) is 95.9 Å². The van der Waals surface area contributed by atoms with Gasteiger partial charge in [0.05, 0.1) is 6.10 Å². The van der Waals surface area contributed by atoms with Crippen LogP contribution in [0.25, 0.3) is 0 Å². The Morgan fingerprint density at radius 2 is 2.14 bits per heavy atom. The molecule has 0 heterocycles. The Hall–Kier alpha value is -1.40. The fourth-order valence-corrected chi connectivity index (χ4v) is 0.534. The lowest BCUT2D eigenvalue weighted by molar-refractivity contribution is -0.159. The van der Waals surface area contributed by atoms with Gasteiger partial charge in [-0.2, -0.15) is 0 Å². The quantitative estimate of drug-likeness (QED) is 0.288. The van der Waals surface area contributed by atoms with Crippen LogP contribution in [-0.2, 0) is 14.3 Å². The molecule has 3 N–H and O–H groups in total. The zero-order valence-electron chi connectivity index (χ0n) is 7.77. The van der Waals surface area contributed by atoms with Crippen molar-refractivity contribution in [3.05, 3.63) is 12.7 Å². The summed E-state index contributed by atoms with van der Waals surface area (Å²) in [6, 6.07) is 0. The lowest BCUT2D eigenvalue weighted by Crippen LogP contribution is -2.41. The van der Waals surface area contributed by atoms with Gasteiger partial charge in [0.15, 0.2) is 0 Å². The van der Waals surface area contributed by atoms with Crippen molar-refractivity contribution in [2.24, 2.45) is 0 Å². The molecule has 0 aliphatic heterocycles. The third kappa shape index (κ3) is 5.28. The number of esters is 1. The number of hydrogen-bond donors (Lipinski definition) is 3. The van der Waals surface area contributed by atoms with E-state index >= 15 is 0 Å². The number of rotatable bonds is 5. The predicted octanol–water partition coefficient (Wildman–Crippen LogP) is -1.47. The molecular formula is C8H13NO5. The van der Waals surface area contributed by atoms with Crippen LogP contribution in [0.2, 0.25) is 0 Å². The number of hydrogen-bond acceptors (Lipinski definition) is 5. The van der Waals surface area contributed by atoms with Crippen LogP contribution in [0.5, 0.6) is 0 Å². The van der Waals surface area contributed by atoms with E-state index in [0.29, 0.717) is 0 Å². The van der Waals surface area contributed by atoms with Crippen LogP contribution in [0.4, 0.5) is 0 Å². The van der Waals surface area contributed by atoms with Gasteiger partial charge in [0.25, 0.3) is 0 Å². The van der Waals surface area contributed by atoms with Gasteiger partial charge in [-0.05, 0) is 13.0 Å². The van der Waals surface area contributed by atoms with Crippen LogP contribution in [0.1, 0.15) is 6.92 Å². The van der Waals surface area contributed by atoms with E-state index in [-0.39, 0.29) is 6.61 Å². The van der Waals surface area contributed by atoms with Gasteiger partial charge in [0, 0.05) is 0 Å². The highest BCUT2D eigenvalue weighted by atomic mass is 16.6. The van der Waals surface area contributed by atoms with Crippen LogP contribution in [-0.4, -0.2) is 41.0 Å². The summed E-state index contributed by atoms with van der Waals surface area (Å²) in [5.74, 6) is -1.72. The van der Waals surface area contributed by atoms with Crippen molar-refractivity contribution < 1.29 is 24.5 Å². The first-order chi connectivity index (χ1) is 6.47. The molecule has 2 unspecified atom stereocenters. The summed E-state index contributed by atoms with van der Waals surface area (Å²) >= 11 is 0. The molecule has 0 aromatic heterocycles. The van der Waals surface area contributed by atoms with E-state index in [2.05, 4.69) is 11.3 Å². The van der Waals surface area contributed by atoms with E-state index in [9.17, 15) is 9.59 Å². The Balaban J connectivity index is 3.87. The Morgan fingerprint density at radius 1 is 1.57 bits per heavy atom. The second kappa shape index (κ2) is 6.11. The Kier molecular flexibility index (Phi) is 5.50. The highest BCUT2D eigenvalue weighted by molar-refractivity contribution is 5.90. The van der Waals surface area contributed by atoms with Crippen LogP contribution in [0.15, 0.2) is 12.7 Å². The second-order valence-corrected chi connectivity index (χ2v) is 2.59. The maximum Gasteiger partial charge on any atom is 0.356 e. The second-order valence-electron chi connectivity index (χ2n) is 2.59. The molecule has 2 atom stereocenters. The number of aliphatic hydroxyl groups excluding tert-OH is 2. The molecule has 0 aliphatic carbocycles. The minimum absolute atomic E-state index is 0.236. The number of carbonyl (C=O) groups excluding carboxylic acids is 2. The molecule has 80 valence electrons. The fourth-order valence-electron chi connectivity index (χ4n) is 0.534. The van der Waals surface area contributed by atoms with Gasteiger partial charge in [-0.15, -0.1) is 0 Å². The SMILES string of the molecule is C=CC(=O)NC(O)C(=O)OCC(C)O. The van der Waals surface area contributed by atoms with Gasteiger partial charge < -0.3 is 20.3 Å². The molecule has 1 amide bonds. The third-order valence-corrected chi connectivity index (χ3v) is 1.15. The number of ether oxygens (including phenoxy) is 1. The lowest BCUT2D eigenvalue weighted by atomic mass is 10.4. The first kappa shape index (κ1) is 12.6. The standard InChI is InChI=1S/C8H13NO5/c1-3-6(11)9-7(12)8(13)14-4-5(2)10/h3,5,7,10,12H,1,4H2,2H3,(H,9,11). The first-order valence-electron chi connectivity index (χ1n) is 3.93. The first-order valence-corrected chi connectivity index (χ1v) is 3.93. The van der Waals surface area contributed by atoms with Crippen LogP contribution < -0.4 is 5.32 Å². The van der Waals surface area contributed by atoms with Crippen molar-refractivity contribution in [2.45, 2.75) is 19.3 Å². The molecule has 0 aliphatic rings. The molecule has 0 aromatic rings. The van der Waals surface area contributed by atoms with Crippen molar-refractivity contribution in [1.82, 2.24) is 5.32 Å². The van der Waals surface area contributed by atoms with Crippen molar-refractivity contribution in [1.29, 1.82) is 0 Å². The highest BCUT2D eigenvalue weighted by Crippen LogP contribution is 1.88.